The average Bonchev–Trinajstić information content (AvgIpc) is 2.37. The zero-order valence-electron chi connectivity index (χ0n) is 10.7. The second-order valence-corrected chi connectivity index (χ2v) is 4.76. The van der Waals surface area contributed by atoms with Crippen molar-refractivity contribution in [2.75, 3.05) is 0 Å². The SMILES string of the molecule is Cc1nc(-c2ccc(Cl)cc2)cc(C(F)(F)F)c1C(=O)O. The number of carboxylic acids is 1. The number of benzene rings is 1. The van der Waals surface area contributed by atoms with Gasteiger partial charge in [0.05, 0.1) is 22.5 Å². The van der Waals surface area contributed by atoms with Crippen LogP contribution in [0.25, 0.3) is 11.3 Å². The monoisotopic (exact) mass is 315 g/mol. The van der Waals surface area contributed by atoms with E-state index < -0.39 is 23.3 Å². The smallest absolute Gasteiger partial charge is 0.417 e. The molecule has 7 heteroatoms. The topological polar surface area (TPSA) is 50.2 Å². The molecular formula is C14H9ClF3NO2. The Morgan fingerprint density at radius 2 is 1.81 bits per heavy atom. The van der Waals surface area contributed by atoms with Gasteiger partial charge >= 0.3 is 12.1 Å². The zero-order chi connectivity index (χ0) is 15.8. The van der Waals surface area contributed by atoms with Gasteiger partial charge in [0.2, 0.25) is 0 Å². The van der Waals surface area contributed by atoms with Gasteiger partial charge in [-0.3, -0.25) is 4.98 Å². The predicted molar refractivity (Wildman–Crippen MR) is 71.4 cm³/mol. The van der Waals surface area contributed by atoms with Crippen LogP contribution in [0.1, 0.15) is 21.6 Å². The van der Waals surface area contributed by atoms with Crippen molar-refractivity contribution in [2.45, 2.75) is 13.1 Å². The van der Waals surface area contributed by atoms with Gasteiger partial charge in [0.25, 0.3) is 0 Å². The molecule has 21 heavy (non-hydrogen) atoms. The molecule has 1 N–H and O–H groups in total. The van der Waals surface area contributed by atoms with Gasteiger partial charge < -0.3 is 5.11 Å². The van der Waals surface area contributed by atoms with E-state index in [4.69, 9.17) is 16.7 Å². The molecule has 3 nitrogen and oxygen atoms in total. The van der Waals surface area contributed by atoms with Crippen LogP contribution in [0.3, 0.4) is 0 Å². The van der Waals surface area contributed by atoms with E-state index in [1.54, 1.807) is 0 Å². The van der Waals surface area contributed by atoms with Gasteiger partial charge in [0.15, 0.2) is 0 Å². The van der Waals surface area contributed by atoms with E-state index in [0.717, 1.165) is 6.07 Å². The summed E-state index contributed by atoms with van der Waals surface area (Å²) in [6.45, 7) is 1.23. The quantitative estimate of drug-likeness (QED) is 0.892. The normalized spacial score (nSPS) is 11.5. The summed E-state index contributed by atoms with van der Waals surface area (Å²) in [5, 5.41) is 9.39. The fraction of sp³-hybridized carbons (Fsp3) is 0.143. The van der Waals surface area contributed by atoms with E-state index >= 15 is 0 Å². The molecule has 1 aromatic carbocycles. The van der Waals surface area contributed by atoms with Crippen molar-refractivity contribution in [3.8, 4) is 11.3 Å². The molecule has 0 bridgehead atoms. The van der Waals surface area contributed by atoms with Gasteiger partial charge in [-0.05, 0) is 25.1 Å². The van der Waals surface area contributed by atoms with Crippen molar-refractivity contribution < 1.29 is 23.1 Å². The molecule has 0 saturated carbocycles. The number of aromatic nitrogens is 1. The summed E-state index contributed by atoms with van der Waals surface area (Å²) in [6, 6.07) is 6.81. The van der Waals surface area contributed by atoms with E-state index in [0.29, 0.717) is 10.6 Å². The minimum Gasteiger partial charge on any atom is -0.478 e. The van der Waals surface area contributed by atoms with Crippen LogP contribution in [-0.2, 0) is 6.18 Å². The van der Waals surface area contributed by atoms with Crippen molar-refractivity contribution in [3.05, 3.63) is 52.2 Å². The third-order valence-corrected chi connectivity index (χ3v) is 3.11. The Bertz CT molecular complexity index is 697. The maximum absolute atomic E-state index is 13.0. The molecule has 0 saturated heterocycles. The molecule has 0 unspecified atom stereocenters. The lowest BCUT2D eigenvalue weighted by Crippen LogP contribution is -2.16. The Morgan fingerprint density at radius 3 is 2.29 bits per heavy atom. The minimum atomic E-state index is -4.78. The highest BCUT2D eigenvalue weighted by molar-refractivity contribution is 6.30. The van der Waals surface area contributed by atoms with Crippen molar-refractivity contribution in [3.63, 3.8) is 0 Å². The molecule has 0 aliphatic carbocycles. The van der Waals surface area contributed by atoms with Crippen LogP contribution in [-0.4, -0.2) is 16.1 Å². The maximum Gasteiger partial charge on any atom is 0.417 e. The van der Waals surface area contributed by atoms with Crippen molar-refractivity contribution in [1.29, 1.82) is 0 Å². The Labute approximate surface area is 123 Å². The van der Waals surface area contributed by atoms with Crippen LogP contribution in [0, 0.1) is 6.92 Å². The highest BCUT2D eigenvalue weighted by Gasteiger charge is 2.37. The number of rotatable bonds is 2. The highest BCUT2D eigenvalue weighted by atomic mass is 35.5. The average molecular weight is 316 g/mol. The van der Waals surface area contributed by atoms with Crippen LogP contribution < -0.4 is 0 Å². The van der Waals surface area contributed by atoms with E-state index in [9.17, 15) is 18.0 Å². The number of carbonyl (C=O) groups is 1. The fourth-order valence-electron chi connectivity index (χ4n) is 1.93. The molecule has 0 fully saturated rings. The Balaban J connectivity index is 2.68. The van der Waals surface area contributed by atoms with Crippen molar-refractivity contribution in [2.24, 2.45) is 0 Å². The number of nitrogens with zero attached hydrogens (tertiary/aromatic N) is 1. The van der Waals surface area contributed by atoms with Crippen molar-refractivity contribution in [1.82, 2.24) is 4.98 Å². The van der Waals surface area contributed by atoms with Gasteiger partial charge in [-0.1, -0.05) is 23.7 Å². The van der Waals surface area contributed by atoms with E-state index in [-0.39, 0.29) is 11.4 Å². The zero-order valence-corrected chi connectivity index (χ0v) is 11.5. The van der Waals surface area contributed by atoms with Gasteiger partial charge in [-0.25, -0.2) is 4.79 Å². The summed E-state index contributed by atoms with van der Waals surface area (Å²) in [6.07, 6.45) is -4.78. The first kappa shape index (κ1) is 15.3. The third-order valence-electron chi connectivity index (χ3n) is 2.86. The first-order valence-electron chi connectivity index (χ1n) is 5.78. The number of hydrogen-bond donors (Lipinski definition) is 1. The lowest BCUT2D eigenvalue weighted by atomic mass is 10.0. The third kappa shape index (κ3) is 3.16. The number of aromatic carboxylic acids is 1. The Hall–Kier alpha value is -2.08. The Kier molecular flexibility index (Phi) is 3.91. The second kappa shape index (κ2) is 5.37. The molecule has 0 radical (unpaired) electrons. The van der Waals surface area contributed by atoms with Gasteiger partial charge in [-0.15, -0.1) is 0 Å². The summed E-state index contributed by atoms with van der Waals surface area (Å²) in [5.41, 5.74) is -1.78. The minimum absolute atomic E-state index is 0.0430. The van der Waals surface area contributed by atoms with E-state index in [2.05, 4.69) is 4.98 Å². The summed E-state index contributed by atoms with van der Waals surface area (Å²) >= 11 is 5.72. The number of pyridine rings is 1. The standard InChI is InChI=1S/C14H9ClF3NO2/c1-7-12(13(20)21)10(14(16,17)18)6-11(19-7)8-2-4-9(15)5-3-8/h2-6H,1H3,(H,20,21). The number of halogens is 4. The molecule has 1 heterocycles. The summed E-state index contributed by atoms with van der Waals surface area (Å²) in [7, 11) is 0. The summed E-state index contributed by atoms with van der Waals surface area (Å²) in [5.74, 6) is -1.66. The predicted octanol–water partition coefficient (Wildman–Crippen LogP) is 4.43. The van der Waals surface area contributed by atoms with Crippen LogP contribution in [0.15, 0.2) is 30.3 Å². The molecule has 110 valence electrons. The Morgan fingerprint density at radius 1 is 1.24 bits per heavy atom. The van der Waals surface area contributed by atoms with Crippen LogP contribution in [0.2, 0.25) is 5.02 Å². The fourth-order valence-corrected chi connectivity index (χ4v) is 2.06. The summed E-state index contributed by atoms with van der Waals surface area (Å²) in [4.78, 5) is 15.0. The molecule has 0 aliphatic rings. The second-order valence-electron chi connectivity index (χ2n) is 4.33. The van der Waals surface area contributed by atoms with Crippen molar-refractivity contribution >= 4 is 17.6 Å². The van der Waals surface area contributed by atoms with Gasteiger partial charge in [0, 0.05) is 10.6 Å². The number of aryl methyl sites for hydroxylation is 1. The van der Waals surface area contributed by atoms with Crippen LogP contribution in [0.5, 0.6) is 0 Å². The molecule has 2 aromatic rings. The number of carboxylic acid groups (broad SMARTS) is 1. The van der Waals surface area contributed by atoms with E-state index in [1.807, 2.05) is 0 Å². The molecule has 0 amide bonds. The van der Waals surface area contributed by atoms with Gasteiger partial charge in [-0.2, -0.15) is 13.2 Å². The van der Waals surface area contributed by atoms with E-state index in [1.165, 1.54) is 31.2 Å². The molecular weight excluding hydrogens is 307 g/mol. The number of hydrogen-bond acceptors (Lipinski definition) is 2. The largest absolute Gasteiger partial charge is 0.478 e. The molecule has 2 rings (SSSR count). The van der Waals surface area contributed by atoms with Gasteiger partial charge in [0.1, 0.15) is 0 Å². The molecule has 0 aliphatic heterocycles. The summed E-state index contributed by atoms with van der Waals surface area (Å²) < 4.78 is 39.1. The lowest BCUT2D eigenvalue weighted by Gasteiger charge is -2.14. The van der Waals surface area contributed by atoms with Crippen LogP contribution in [0.4, 0.5) is 13.2 Å². The lowest BCUT2D eigenvalue weighted by molar-refractivity contribution is -0.138. The maximum atomic E-state index is 13.0. The molecule has 0 spiro atoms. The first-order valence-corrected chi connectivity index (χ1v) is 6.16. The molecule has 0 atom stereocenters. The first-order chi connectivity index (χ1) is 9.70. The highest BCUT2D eigenvalue weighted by Crippen LogP contribution is 2.35. The number of alkyl halides is 3. The van der Waals surface area contributed by atoms with Crippen LogP contribution >= 0.6 is 11.6 Å². The molecule has 1 aromatic heterocycles.